The molecule has 1 saturated heterocycles. The summed E-state index contributed by atoms with van der Waals surface area (Å²) in [6.45, 7) is 5.47. The van der Waals surface area contributed by atoms with Crippen LogP contribution in [0, 0.1) is 5.92 Å². The largest absolute Gasteiger partial charge is 0.497 e. The van der Waals surface area contributed by atoms with E-state index in [9.17, 15) is 0 Å². The van der Waals surface area contributed by atoms with Crippen LogP contribution in [0.5, 0.6) is 11.5 Å². The topological polar surface area (TPSA) is 72.4 Å². The Hall–Kier alpha value is -2.57. The van der Waals surface area contributed by atoms with Crippen molar-refractivity contribution in [3.05, 3.63) is 30.5 Å². The van der Waals surface area contributed by atoms with Crippen LogP contribution in [0.15, 0.2) is 30.5 Å². The summed E-state index contributed by atoms with van der Waals surface area (Å²) < 4.78 is 10.8. The average molecular weight is 343 g/mol. The molecule has 0 spiro atoms. The minimum absolute atomic E-state index is 0.515. The number of aromatic nitrogens is 3. The van der Waals surface area contributed by atoms with Gasteiger partial charge in [0.05, 0.1) is 19.9 Å². The minimum Gasteiger partial charge on any atom is -0.497 e. The molecule has 0 radical (unpaired) electrons. The lowest BCUT2D eigenvalue weighted by Crippen LogP contribution is -2.33. The van der Waals surface area contributed by atoms with Gasteiger partial charge in [-0.3, -0.25) is 0 Å². The van der Waals surface area contributed by atoms with E-state index in [0.29, 0.717) is 19.1 Å². The predicted octanol–water partition coefficient (Wildman–Crippen LogP) is 2.61. The third kappa shape index (κ3) is 4.95. The van der Waals surface area contributed by atoms with Crippen LogP contribution in [0.2, 0.25) is 0 Å². The summed E-state index contributed by atoms with van der Waals surface area (Å²) >= 11 is 0. The van der Waals surface area contributed by atoms with Gasteiger partial charge in [0.15, 0.2) is 5.82 Å². The lowest BCUT2D eigenvalue weighted by atomic mass is 9.99. The highest BCUT2D eigenvalue weighted by Gasteiger charge is 2.17. The zero-order valence-electron chi connectivity index (χ0n) is 14.8. The SMILES string of the molecule is COc1ccc(OCCNc2nncc(N3CCC(C)CC3)n2)cc1. The number of benzene rings is 1. The molecule has 0 atom stereocenters. The van der Waals surface area contributed by atoms with Crippen LogP contribution in [0.1, 0.15) is 19.8 Å². The Morgan fingerprint density at radius 2 is 1.88 bits per heavy atom. The molecule has 25 heavy (non-hydrogen) atoms. The number of ether oxygens (including phenoxy) is 2. The van der Waals surface area contributed by atoms with Crippen LogP contribution in [0.25, 0.3) is 0 Å². The molecule has 1 N–H and O–H groups in total. The van der Waals surface area contributed by atoms with Gasteiger partial charge in [-0.1, -0.05) is 6.92 Å². The molecule has 0 amide bonds. The third-order valence-electron chi connectivity index (χ3n) is 4.37. The summed E-state index contributed by atoms with van der Waals surface area (Å²) in [6, 6.07) is 7.52. The molecule has 0 aliphatic carbocycles. The summed E-state index contributed by atoms with van der Waals surface area (Å²) in [5.74, 6) is 3.83. The first kappa shape index (κ1) is 17.3. The van der Waals surface area contributed by atoms with Crippen molar-refractivity contribution in [3.63, 3.8) is 0 Å². The Morgan fingerprint density at radius 3 is 2.60 bits per heavy atom. The van der Waals surface area contributed by atoms with Crippen molar-refractivity contribution in [2.24, 2.45) is 5.92 Å². The molecule has 1 aromatic heterocycles. The quantitative estimate of drug-likeness (QED) is 0.775. The normalized spacial score (nSPS) is 15.0. The van der Waals surface area contributed by atoms with Gasteiger partial charge in [0.25, 0.3) is 0 Å². The number of nitrogens with zero attached hydrogens (tertiary/aromatic N) is 4. The molecule has 2 heterocycles. The molecule has 0 bridgehead atoms. The van der Waals surface area contributed by atoms with Gasteiger partial charge < -0.3 is 19.7 Å². The molecule has 1 aromatic carbocycles. The molecule has 1 aliphatic rings. The van der Waals surface area contributed by atoms with E-state index in [1.54, 1.807) is 13.3 Å². The van der Waals surface area contributed by atoms with Crippen molar-refractivity contribution in [2.45, 2.75) is 19.8 Å². The molecule has 1 fully saturated rings. The van der Waals surface area contributed by atoms with Crippen molar-refractivity contribution in [1.82, 2.24) is 15.2 Å². The predicted molar refractivity (Wildman–Crippen MR) is 97.4 cm³/mol. The van der Waals surface area contributed by atoms with E-state index in [1.807, 2.05) is 24.3 Å². The van der Waals surface area contributed by atoms with Gasteiger partial charge in [-0.05, 0) is 43.0 Å². The smallest absolute Gasteiger partial charge is 0.244 e. The molecule has 2 aromatic rings. The summed E-state index contributed by atoms with van der Waals surface area (Å²) in [5, 5.41) is 11.3. The van der Waals surface area contributed by atoms with Crippen molar-refractivity contribution in [3.8, 4) is 11.5 Å². The number of anilines is 2. The van der Waals surface area contributed by atoms with E-state index in [2.05, 4.69) is 32.3 Å². The van der Waals surface area contributed by atoms with Crippen LogP contribution in [0.4, 0.5) is 11.8 Å². The number of piperidine rings is 1. The second kappa shape index (κ2) is 8.50. The molecule has 3 rings (SSSR count). The van der Waals surface area contributed by atoms with E-state index in [4.69, 9.17) is 9.47 Å². The van der Waals surface area contributed by atoms with Gasteiger partial charge >= 0.3 is 0 Å². The van der Waals surface area contributed by atoms with E-state index in [1.165, 1.54) is 12.8 Å². The fourth-order valence-electron chi connectivity index (χ4n) is 2.76. The lowest BCUT2D eigenvalue weighted by Gasteiger charge is -2.30. The molecule has 1 aliphatic heterocycles. The Labute approximate surface area is 148 Å². The number of hydrogen-bond acceptors (Lipinski definition) is 7. The first-order valence-electron chi connectivity index (χ1n) is 8.70. The molecule has 7 heteroatoms. The number of rotatable bonds is 7. The van der Waals surface area contributed by atoms with Gasteiger partial charge in [-0.2, -0.15) is 10.1 Å². The van der Waals surface area contributed by atoms with Gasteiger partial charge in [-0.15, -0.1) is 5.10 Å². The average Bonchev–Trinajstić information content (AvgIpc) is 2.66. The zero-order valence-corrected chi connectivity index (χ0v) is 14.8. The Kier molecular flexibility index (Phi) is 5.87. The summed E-state index contributed by atoms with van der Waals surface area (Å²) in [6.07, 6.45) is 4.12. The highest BCUT2D eigenvalue weighted by Crippen LogP contribution is 2.21. The van der Waals surface area contributed by atoms with Gasteiger partial charge in [-0.25, -0.2) is 0 Å². The molecule has 7 nitrogen and oxygen atoms in total. The minimum atomic E-state index is 0.515. The standard InChI is InChI=1S/C18H25N5O2/c1-14-7-10-23(11-8-14)17-13-20-22-18(21-17)19-9-12-25-16-5-3-15(24-2)4-6-16/h3-6,13-14H,7-12H2,1-2H3,(H,19,21,22). The first-order valence-corrected chi connectivity index (χ1v) is 8.70. The van der Waals surface area contributed by atoms with Crippen LogP contribution >= 0.6 is 0 Å². The fraction of sp³-hybridized carbons (Fsp3) is 0.500. The van der Waals surface area contributed by atoms with E-state index in [0.717, 1.165) is 36.3 Å². The van der Waals surface area contributed by atoms with E-state index < -0.39 is 0 Å². The van der Waals surface area contributed by atoms with Crippen LogP contribution in [-0.2, 0) is 0 Å². The molecule has 0 saturated carbocycles. The van der Waals surface area contributed by atoms with Gasteiger partial charge in [0.2, 0.25) is 5.95 Å². The second-order valence-corrected chi connectivity index (χ2v) is 6.26. The van der Waals surface area contributed by atoms with Crippen LogP contribution in [-0.4, -0.2) is 48.5 Å². The molecule has 0 unspecified atom stereocenters. The van der Waals surface area contributed by atoms with E-state index in [-0.39, 0.29) is 0 Å². The lowest BCUT2D eigenvalue weighted by molar-refractivity contribution is 0.331. The third-order valence-corrected chi connectivity index (χ3v) is 4.37. The molecular formula is C18H25N5O2. The second-order valence-electron chi connectivity index (χ2n) is 6.26. The summed E-state index contributed by atoms with van der Waals surface area (Å²) in [5.41, 5.74) is 0. The number of hydrogen-bond donors (Lipinski definition) is 1. The Bertz CT molecular complexity index is 657. The maximum Gasteiger partial charge on any atom is 0.244 e. The Balaban J connectivity index is 1.45. The first-order chi connectivity index (χ1) is 12.2. The van der Waals surface area contributed by atoms with Crippen LogP contribution < -0.4 is 19.7 Å². The van der Waals surface area contributed by atoms with Crippen molar-refractivity contribution in [2.75, 3.05) is 43.6 Å². The van der Waals surface area contributed by atoms with Gasteiger partial charge in [0, 0.05) is 13.1 Å². The monoisotopic (exact) mass is 343 g/mol. The fourth-order valence-corrected chi connectivity index (χ4v) is 2.76. The number of methoxy groups -OCH3 is 1. The highest BCUT2D eigenvalue weighted by molar-refractivity contribution is 5.40. The molecule has 134 valence electrons. The van der Waals surface area contributed by atoms with E-state index >= 15 is 0 Å². The van der Waals surface area contributed by atoms with Gasteiger partial charge in [0.1, 0.15) is 18.1 Å². The number of nitrogens with one attached hydrogen (secondary N) is 1. The van der Waals surface area contributed by atoms with Crippen molar-refractivity contribution >= 4 is 11.8 Å². The molecular weight excluding hydrogens is 318 g/mol. The summed E-state index contributed by atoms with van der Waals surface area (Å²) in [4.78, 5) is 6.83. The zero-order chi connectivity index (χ0) is 17.5. The van der Waals surface area contributed by atoms with Crippen LogP contribution in [0.3, 0.4) is 0 Å². The maximum atomic E-state index is 5.68. The highest BCUT2D eigenvalue weighted by atomic mass is 16.5. The van der Waals surface area contributed by atoms with Crippen molar-refractivity contribution in [1.29, 1.82) is 0 Å². The van der Waals surface area contributed by atoms with Crippen molar-refractivity contribution < 1.29 is 9.47 Å². The maximum absolute atomic E-state index is 5.68. The summed E-state index contributed by atoms with van der Waals surface area (Å²) in [7, 11) is 1.65. The Morgan fingerprint density at radius 1 is 1.16 bits per heavy atom.